The Kier molecular flexibility index (Phi) is 13.6. The Morgan fingerprint density at radius 3 is 1.95 bits per heavy atom. The lowest BCUT2D eigenvalue weighted by atomic mass is 9.90. The van der Waals surface area contributed by atoms with Crippen LogP contribution in [-0.2, 0) is 35.1 Å². The number of methoxy groups -OCH3 is 1. The van der Waals surface area contributed by atoms with Crippen LogP contribution in [0.1, 0.15) is 86.6 Å². The van der Waals surface area contributed by atoms with Gasteiger partial charge in [0, 0.05) is 6.54 Å². The van der Waals surface area contributed by atoms with Gasteiger partial charge in [-0.2, -0.15) is 0 Å². The predicted molar refractivity (Wildman–Crippen MR) is 148 cm³/mol. The van der Waals surface area contributed by atoms with Gasteiger partial charge in [-0.05, 0) is 71.1 Å². The molecule has 9 heteroatoms. The molecule has 0 radical (unpaired) electrons. The van der Waals surface area contributed by atoms with Gasteiger partial charge in [0.2, 0.25) is 0 Å². The molecule has 1 aromatic carbocycles. The van der Waals surface area contributed by atoms with Crippen LogP contribution in [-0.4, -0.2) is 50.2 Å². The topological polar surface area (TPSA) is 117 Å². The van der Waals surface area contributed by atoms with E-state index in [4.69, 9.17) is 18.9 Å². The molecule has 0 heterocycles. The first-order valence-corrected chi connectivity index (χ1v) is 13.8. The van der Waals surface area contributed by atoms with Gasteiger partial charge in [-0.25, -0.2) is 0 Å². The zero-order valence-electron chi connectivity index (χ0n) is 25.1. The van der Waals surface area contributed by atoms with Gasteiger partial charge in [-0.3, -0.25) is 19.2 Å². The Labute approximate surface area is 233 Å². The Balaban J connectivity index is 3.13. The van der Waals surface area contributed by atoms with Crippen LogP contribution in [0.2, 0.25) is 0 Å². The number of carbonyl (C=O) groups excluding carboxylic acids is 4. The standard InChI is InChI=1S/C30H47NO8/c1-10-13-20(4)25(32)37-17-16-31-22(26(33)36-9)18-21-14-15-23(38-27(34)29(5,6)11-2)24(19-21)39-28(35)30(7,8)12-3/h14-15,19-20,22,31H,10-13,16-18H2,1-9H3/t20?,22-/m0/s1. The second kappa shape index (κ2) is 15.6. The third-order valence-corrected chi connectivity index (χ3v) is 7.07. The summed E-state index contributed by atoms with van der Waals surface area (Å²) in [4.78, 5) is 50.1. The first kappa shape index (κ1) is 34.1. The third kappa shape index (κ3) is 10.6. The smallest absolute Gasteiger partial charge is 0.323 e. The Bertz CT molecular complexity index is 985. The molecular weight excluding hydrogens is 502 g/mol. The average Bonchev–Trinajstić information content (AvgIpc) is 2.90. The van der Waals surface area contributed by atoms with Crippen molar-refractivity contribution in [3.8, 4) is 11.5 Å². The van der Waals surface area contributed by atoms with E-state index in [1.54, 1.807) is 45.9 Å². The number of ether oxygens (including phenoxy) is 4. The minimum absolute atomic E-state index is 0.0988. The van der Waals surface area contributed by atoms with Crippen molar-refractivity contribution in [1.82, 2.24) is 5.32 Å². The molecule has 0 aliphatic carbocycles. The maximum absolute atomic E-state index is 12.9. The second-order valence-electron chi connectivity index (χ2n) is 11.1. The quantitative estimate of drug-likeness (QED) is 0.172. The Hall–Kier alpha value is -2.94. The highest BCUT2D eigenvalue weighted by molar-refractivity contribution is 5.81. The lowest BCUT2D eigenvalue weighted by molar-refractivity contribution is -0.148. The molecule has 0 spiro atoms. The number of esters is 4. The van der Waals surface area contributed by atoms with Gasteiger partial charge >= 0.3 is 23.9 Å². The first-order chi connectivity index (χ1) is 18.2. The third-order valence-electron chi connectivity index (χ3n) is 7.07. The highest BCUT2D eigenvalue weighted by atomic mass is 16.6. The van der Waals surface area contributed by atoms with E-state index in [1.165, 1.54) is 7.11 Å². The molecule has 9 nitrogen and oxygen atoms in total. The van der Waals surface area contributed by atoms with Crippen LogP contribution in [0.3, 0.4) is 0 Å². The van der Waals surface area contributed by atoms with Crippen LogP contribution in [0.15, 0.2) is 18.2 Å². The largest absolute Gasteiger partial charge is 0.468 e. The Morgan fingerprint density at radius 1 is 0.872 bits per heavy atom. The molecule has 0 saturated carbocycles. The van der Waals surface area contributed by atoms with Crippen molar-refractivity contribution in [2.45, 2.75) is 93.5 Å². The highest BCUT2D eigenvalue weighted by Crippen LogP contribution is 2.34. The summed E-state index contributed by atoms with van der Waals surface area (Å²) in [5, 5.41) is 3.07. The molecule has 1 rings (SSSR count). The van der Waals surface area contributed by atoms with Crippen LogP contribution in [0.4, 0.5) is 0 Å². The van der Waals surface area contributed by atoms with E-state index in [-0.39, 0.29) is 43.0 Å². The van der Waals surface area contributed by atoms with E-state index in [1.807, 2.05) is 27.7 Å². The maximum atomic E-state index is 12.9. The summed E-state index contributed by atoms with van der Waals surface area (Å²) in [7, 11) is 1.29. The van der Waals surface area contributed by atoms with Crippen molar-refractivity contribution < 1.29 is 38.1 Å². The lowest BCUT2D eigenvalue weighted by Crippen LogP contribution is -2.41. The summed E-state index contributed by atoms with van der Waals surface area (Å²) in [5.74, 6) is -1.63. The van der Waals surface area contributed by atoms with Crippen LogP contribution in [0, 0.1) is 16.7 Å². The fraction of sp³-hybridized carbons (Fsp3) is 0.667. The van der Waals surface area contributed by atoms with E-state index in [9.17, 15) is 19.2 Å². The molecular formula is C30H47NO8. The number of hydrogen-bond donors (Lipinski definition) is 1. The molecule has 1 unspecified atom stereocenters. The number of hydrogen-bond acceptors (Lipinski definition) is 9. The van der Waals surface area contributed by atoms with Crippen molar-refractivity contribution in [2.75, 3.05) is 20.3 Å². The lowest BCUT2D eigenvalue weighted by Gasteiger charge is -2.24. The van der Waals surface area contributed by atoms with Crippen molar-refractivity contribution in [3.05, 3.63) is 23.8 Å². The van der Waals surface area contributed by atoms with Gasteiger partial charge in [0.15, 0.2) is 11.5 Å². The normalized spacial score (nSPS) is 13.3. The van der Waals surface area contributed by atoms with E-state index in [0.717, 1.165) is 12.8 Å². The molecule has 0 aliphatic heterocycles. The van der Waals surface area contributed by atoms with E-state index in [2.05, 4.69) is 5.32 Å². The Morgan fingerprint density at radius 2 is 1.44 bits per heavy atom. The summed E-state index contributed by atoms with van der Waals surface area (Å²) in [6.45, 7) is 15.1. The average molecular weight is 550 g/mol. The number of carbonyl (C=O) groups is 4. The summed E-state index contributed by atoms with van der Waals surface area (Å²) >= 11 is 0. The summed E-state index contributed by atoms with van der Waals surface area (Å²) in [6.07, 6.45) is 2.96. The minimum atomic E-state index is -0.748. The van der Waals surface area contributed by atoms with Gasteiger partial charge in [0.25, 0.3) is 0 Å². The maximum Gasteiger partial charge on any atom is 0.323 e. The molecule has 1 N–H and O–H groups in total. The molecule has 39 heavy (non-hydrogen) atoms. The van der Waals surface area contributed by atoms with Crippen LogP contribution in [0.25, 0.3) is 0 Å². The van der Waals surface area contributed by atoms with Crippen molar-refractivity contribution in [2.24, 2.45) is 16.7 Å². The molecule has 0 saturated heterocycles. The molecule has 220 valence electrons. The van der Waals surface area contributed by atoms with E-state index >= 15 is 0 Å². The minimum Gasteiger partial charge on any atom is -0.468 e. The van der Waals surface area contributed by atoms with Gasteiger partial charge in [-0.1, -0.05) is 40.2 Å². The second-order valence-corrected chi connectivity index (χ2v) is 11.1. The van der Waals surface area contributed by atoms with Gasteiger partial charge < -0.3 is 24.3 Å². The summed E-state index contributed by atoms with van der Waals surface area (Å²) in [6, 6.07) is 4.11. The predicted octanol–water partition coefficient (Wildman–Crippen LogP) is 5.02. The summed E-state index contributed by atoms with van der Waals surface area (Å²) < 4.78 is 21.6. The fourth-order valence-electron chi connectivity index (χ4n) is 3.30. The molecule has 1 aromatic rings. The first-order valence-electron chi connectivity index (χ1n) is 13.8. The number of benzene rings is 1. The summed E-state index contributed by atoms with van der Waals surface area (Å²) in [5.41, 5.74) is -0.819. The van der Waals surface area contributed by atoms with Gasteiger partial charge in [-0.15, -0.1) is 0 Å². The molecule has 0 fully saturated rings. The molecule has 0 bridgehead atoms. The number of nitrogens with one attached hydrogen (secondary N) is 1. The fourth-order valence-corrected chi connectivity index (χ4v) is 3.30. The zero-order chi connectivity index (χ0) is 29.8. The highest BCUT2D eigenvalue weighted by Gasteiger charge is 2.32. The molecule has 2 atom stereocenters. The van der Waals surface area contributed by atoms with Crippen molar-refractivity contribution in [1.29, 1.82) is 0 Å². The van der Waals surface area contributed by atoms with E-state index < -0.39 is 34.8 Å². The molecule has 0 aliphatic rings. The SMILES string of the molecule is CCCC(C)C(=O)OCCN[C@@H](Cc1ccc(OC(=O)C(C)(C)CC)c(OC(=O)C(C)(C)CC)c1)C(=O)OC. The monoisotopic (exact) mass is 549 g/mol. The molecule has 0 aromatic heterocycles. The van der Waals surface area contributed by atoms with Crippen molar-refractivity contribution >= 4 is 23.9 Å². The van der Waals surface area contributed by atoms with E-state index in [0.29, 0.717) is 18.4 Å². The van der Waals surface area contributed by atoms with Crippen molar-refractivity contribution in [3.63, 3.8) is 0 Å². The van der Waals surface area contributed by atoms with Crippen LogP contribution < -0.4 is 14.8 Å². The van der Waals surface area contributed by atoms with Gasteiger partial charge in [0.1, 0.15) is 12.6 Å². The zero-order valence-corrected chi connectivity index (χ0v) is 25.1. The van der Waals surface area contributed by atoms with Crippen LogP contribution in [0.5, 0.6) is 11.5 Å². The number of rotatable bonds is 16. The van der Waals surface area contributed by atoms with Gasteiger partial charge in [0.05, 0.1) is 23.9 Å². The molecule has 0 amide bonds. The van der Waals surface area contributed by atoms with Crippen LogP contribution >= 0.6 is 0 Å².